The zero-order valence-electron chi connectivity index (χ0n) is 16.5. The lowest BCUT2D eigenvalue weighted by Crippen LogP contribution is -2.21. The minimum atomic E-state index is -0.773. The van der Waals surface area contributed by atoms with Crippen LogP contribution in [-0.2, 0) is 4.79 Å². The average Bonchev–Trinajstić information content (AvgIpc) is 2.67. The summed E-state index contributed by atoms with van der Waals surface area (Å²) >= 11 is 3.08. The minimum Gasteiger partial charge on any atom is -0.372 e. The Hall–Kier alpha value is -3.41. The van der Waals surface area contributed by atoms with Gasteiger partial charge in [0.15, 0.2) is 5.69 Å². The molecule has 0 radical (unpaired) electrons. The van der Waals surface area contributed by atoms with Crippen LogP contribution in [0, 0.1) is 20.2 Å². The second-order valence-corrected chi connectivity index (χ2v) is 6.92. The van der Waals surface area contributed by atoms with E-state index in [0.717, 1.165) is 30.9 Å². The third-order valence-electron chi connectivity index (χ3n) is 4.11. The van der Waals surface area contributed by atoms with Crippen LogP contribution in [0.3, 0.4) is 0 Å². The van der Waals surface area contributed by atoms with Gasteiger partial charge in [-0.1, -0.05) is 0 Å². The normalized spacial score (nSPS) is 10.8. The fraction of sp³-hybridized carbons (Fsp3) is 0.278. The molecule has 12 heteroatoms. The summed E-state index contributed by atoms with van der Waals surface area (Å²) in [6.07, 6.45) is 0. The van der Waals surface area contributed by atoms with Crippen LogP contribution in [0.25, 0.3) is 0 Å². The van der Waals surface area contributed by atoms with E-state index in [9.17, 15) is 25.0 Å². The molecule has 1 N–H and O–H groups in total. The molecule has 0 atom stereocenters. The molecule has 158 valence electrons. The van der Waals surface area contributed by atoms with Crippen molar-refractivity contribution in [3.8, 4) is 0 Å². The van der Waals surface area contributed by atoms with Crippen LogP contribution in [0.5, 0.6) is 0 Å². The SMILES string of the molecule is CCN(CC)c1ccc(/N=N/c2c(Br)cc([N+](=O)[O-])cc2[N+](=O)[O-])c(NC(C)=O)c1. The van der Waals surface area contributed by atoms with Gasteiger partial charge in [0.25, 0.3) is 5.69 Å². The third-order valence-corrected chi connectivity index (χ3v) is 4.72. The highest BCUT2D eigenvalue weighted by atomic mass is 79.9. The molecule has 0 heterocycles. The molecule has 0 aromatic heterocycles. The molecule has 30 heavy (non-hydrogen) atoms. The molecule has 1 amide bonds. The largest absolute Gasteiger partial charge is 0.372 e. The lowest BCUT2D eigenvalue weighted by molar-refractivity contribution is -0.393. The lowest BCUT2D eigenvalue weighted by atomic mass is 10.2. The maximum atomic E-state index is 11.6. The van der Waals surface area contributed by atoms with Crippen molar-refractivity contribution in [2.24, 2.45) is 10.2 Å². The Morgan fingerprint density at radius 3 is 2.30 bits per heavy atom. The number of hydrogen-bond donors (Lipinski definition) is 1. The smallest absolute Gasteiger partial charge is 0.304 e. The summed E-state index contributed by atoms with van der Waals surface area (Å²) in [5.41, 5.74) is 0.338. The number of anilines is 2. The molecule has 11 nitrogen and oxygen atoms in total. The number of carbonyl (C=O) groups is 1. The van der Waals surface area contributed by atoms with E-state index in [0.29, 0.717) is 5.69 Å². The molecular weight excluding hydrogens is 460 g/mol. The summed E-state index contributed by atoms with van der Waals surface area (Å²) in [7, 11) is 0. The quantitative estimate of drug-likeness (QED) is 0.301. The summed E-state index contributed by atoms with van der Waals surface area (Å²) in [6.45, 7) is 6.88. The lowest BCUT2D eigenvalue weighted by Gasteiger charge is -2.22. The minimum absolute atomic E-state index is 0.0491. The first-order valence-electron chi connectivity index (χ1n) is 8.88. The van der Waals surface area contributed by atoms with E-state index in [1.807, 2.05) is 13.8 Å². The number of non-ortho nitro benzene ring substituents is 1. The zero-order valence-corrected chi connectivity index (χ0v) is 18.0. The van der Waals surface area contributed by atoms with Crippen molar-refractivity contribution in [2.45, 2.75) is 20.8 Å². The van der Waals surface area contributed by atoms with Crippen LogP contribution >= 0.6 is 15.9 Å². The van der Waals surface area contributed by atoms with Crippen molar-refractivity contribution in [1.29, 1.82) is 0 Å². The van der Waals surface area contributed by atoms with Crippen molar-refractivity contribution in [1.82, 2.24) is 0 Å². The number of hydrogen-bond acceptors (Lipinski definition) is 8. The predicted molar refractivity (Wildman–Crippen MR) is 116 cm³/mol. The highest BCUT2D eigenvalue weighted by Gasteiger charge is 2.23. The number of nitro groups is 2. The highest BCUT2D eigenvalue weighted by Crippen LogP contribution is 2.40. The molecule has 0 unspecified atom stereocenters. The van der Waals surface area contributed by atoms with E-state index in [1.165, 1.54) is 6.92 Å². The van der Waals surface area contributed by atoms with E-state index in [1.54, 1.807) is 18.2 Å². The first kappa shape index (κ1) is 22.9. The Kier molecular flexibility index (Phi) is 7.53. The first-order valence-corrected chi connectivity index (χ1v) is 9.67. The van der Waals surface area contributed by atoms with Crippen molar-refractivity contribution in [2.75, 3.05) is 23.3 Å². The molecule has 0 fully saturated rings. The molecule has 0 spiro atoms. The van der Waals surface area contributed by atoms with Crippen LogP contribution < -0.4 is 10.2 Å². The number of halogens is 1. The molecule has 0 saturated carbocycles. The van der Waals surface area contributed by atoms with Crippen molar-refractivity contribution < 1.29 is 14.6 Å². The second kappa shape index (κ2) is 9.87. The number of azo groups is 1. The Bertz CT molecular complexity index is 1020. The number of rotatable bonds is 8. The van der Waals surface area contributed by atoms with Crippen LogP contribution in [0.1, 0.15) is 20.8 Å². The topological polar surface area (TPSA) is 143 Å². The van der Waals surface area contributed by atoms with Crippen molar-refractivity contribution in [3.63, 3.8) is 0 Å². The van der Waals surface area contributed by atoms with Crippen LogP contribution in [0.15, 0.2) is 45.0 Å². The van der Waals surface area contributed by atoms with Gasteiger partial charge in [-0.2, -0.15) is 0 Å². The molecule has 0 aliphatic heterocycles. The number of benzene rings is 2. The standard InChI is InChI=1S/C18H19BrN6O5/c1-4-23(5-2)12-6-7-15(16(9-12)20-11(3)26)21-22-18-14(19)8-13(24(27)28)10-17(18)25(29)30/h6-10H,4-5H2,1-3H3,(H,20,26)/b22-21+. The zero-order chi connectivity index (χ0) is 22.4. The molecule has 0 bridgehead atoms. The Labute approximate surface area is 180 Å². The summed E-state index contributed by atoms with van der Waals surface area (Å²) in [5.74, 6) is -0.314. The predicted octanol–water partition coefficient (Wildman–Crippen LogP) is 5.49. The Balaban J connectivity index is 2.54. The highest BCUT2D eigenvalue weighted by molar-refractivity contribution is 9.10. The van der Waals surface area contributed by atoms with E-state index in [4.69, 9.17) is 0 Å². The Morgan fingerprint density at radius 1 is 1.10 bits per heavy atom. The maximum absolute atomic E-state index is 11.6. The third kappa shape index (κ3) is 5.35. The monoisotopic (exact) mass is 478 g/mol. The second-order valence-electron chi connectivity index (χ2n) is 6.06. The molecule has 2 rings (SSSR count). The van der Waals surface area contributed by atoms with Gasteiger partial charge in [-0.3, -0.25) is 25.0 Å². The molecule has 0 saturated heterocycles. The van der Waals surface area contributed by atoms with E-state index >= 15 is 0 Å². The Morgan fingerprint density at radius 2 is 1.77 bits per heavy atom. The summed E-state index contributed by atoms with van der Waals surface area (Å²) in [5, 5.41) is 33.0. The fourth-order valence-corrected chi connectivity index (χ4v) is 3.22. The average molecular weight is 479 g/mol. The molecule has 0 aliphatic rings. The van der Waals surface area contributed by atoms with E-state index in [2.05, 4.69) is 36.4 Å². The fourth-order valence-electron chi connectivity index (χ4n) is 2.70. The van der Waals surface area contributed by atoms with Crippen LogP contribution in [0.2, 0.25) is 0 Å². The number of carbonyl (C=O) groups excluding carboxylic acids is 1. The molecular formula is C18H19BrN6O5. The van der Waals surface area contributed by atoms with Gasteiger partial charge in [0.05, 0.1) is 26.1 Å². The van der Waals surface area contributed by atoms with Gasteiger partial charge >= 0.3 is 5.69 Å². The molecule has 0 aliphatic carbocycles. The van der Waals surface area contributed by atoms with Gasteiger partial charge in [0.2, 0.25) is 5.91 Å². The van der Waals surface area contributed by atoms with E-state index < -0.39 is 21.2 Å². The van der Waals surface area contributed by atoms with Gasteiger partial charge in [0.1, 0.15) is 5.69 Å². The van der Waals surface area contributed by atoms with Crippen LogP contribution in [0.4, 0.5) is 34.1 Å². The molecule has 2 aromatic carbocycles. The number of nitrogens with zero attached hydrogens (tertiary/aromatic N) is 5. The first-order chi connectivity index (χ1) is 14.2. The van der Waals surface area contributed by atoms with Gasteiger partial charge in [0, 0.05) is 31.8 Å². The maximum Gasteiger partial charge on any atom is 0.304 e. The summed E-state index contributed by atoms with van der Waals surface area (Å²) in [6, 6.07) is 7.10. The number of nitrogens with one attached hydrogen (secondary N) is 1. The van der Waals surface area contributed by atoms with Gasteiger partial charge in [-0.05, 0) is 48.0 Å². The van der Waals surface area contributed by atoms with Gasteiger partial charge in [-0.15, -0.1) is 10.2 Å². The summed E-state index contributed by atoms with van der Waals surface area (Å²) < 4.78 is 0.0491. The van der Waals surface area contributed by atoms with E-state index in [-0.39, 0.29) is 21.8 Å². The van der Waals surface area contributed by atoms with Gasteiger partial charge < -0.3 is 10.2 Å². The summed E-state index contributed by atoms with van der Waals surface area (Å²) in [4.78, 5) is 34.5. The molecule has 2 aromatic rings. The number of nitro benzene ring substituents is 2. The van der Waals surface area contributed by atoms with Crippen molar-refractivity contribution >= 4 is 56.0 Å². The number of amides is 1. The van der Waals surface area contributed by atoms with Crippen molar-refractivity contribution in [3.05, 3.63) is 55.0 Å². The van der Waals surface area contributed by atoms with Gasteiger partial charge in [-0.25, -0.2) is 0 Å². The van der Waals surface area contributed by atoms with Crippen LogP contribution in [-0.4, -0.2) is 28.8 Å².